The molecule has 0 bridgehead atoms. The zero-order valence-corrected chi connectivity index (χ0v) is 8.56. The van der Waals surface area contributed by atoms with E-state index in [0.717, 1.165) is 16.4 Å². The fraction of sp³-hybridized carbons (Fsp3) is 0.250. The van der Waals surface area contributed by atoms with Gasteiger partial charge in [0.05, 0.1) is 11.9 Å². The second kappa shape index (κ2) is 3.67. The van der Waals surface area contributed by atoms with Crippen molar-refractivity contribution in [1.82, 2.24) is 15.2 Å². The van der Waals surface area contributed by atoms with Gasteiger partial charge in [-0.05, 0) is 6.92 Å². The Bertz CT molecular complexity index is 419. The van der Waals surface area contributed by atoms with Crippen LogP contribution in [0.2, 0.25) is 0 Å². The molecule has 2 aromatic rings. The van der Waals surface area contributed by atoms with Crippen molar-refractivity contribution in [2.45, 2.75) is 13.5 Å². The highest BCUT2D eigenvalue weighted by molar-refractivity contribution is 7.13. The lowest BCUT2D eigenvalue weighted by Crippen LogP contribution is -2.00. The van der Waals surface area contributed by atoms with Crippen molar-refractivity contribution in [3.63, 3.8) is 0 Å². The summed E-state index contributed by atoms with van der Waals surface area (Å²) < 4.78 is 0. The molecular formula is C8H11N5S. The van der Waals surface area contributed by atoms with Gasteiger partial charge in [-0.1, -0.05) is 0 Å². The van der Waals surface area contributed by atoms with E-state index >= 15 is 0 Å². The molecule has 0 aliphatic heterocycles. The van der Waals surface area contributed by atoms with Crippen molar-refractivity contribution in [2.24, 2.45) is 0 Å². The van der Waals surface area contributed by atoms with Crippen LogP contribution < -0.4 is 11.1 Å². The Morgan fingerprint density at radius 3 is 3.07 bits per heavy atom. The number of nitrogen functional groups attached to an aromatic ring is 1. The molecule has 0 amide bonds. The number of rotatable bonds is 3. The molecule has 0 unspecified atom stereocenters. The lowest BCUT2D eigenvalue weighted by molar-refractivity contribution is 1.10. The van der Waals surface area contributed by atoms with Crippen LogP contribution in [0.4, 0.5) is 10.9 Å². The van der Waals surface area contributed by atoms with E-state index in [1.165, 1.54) is 0 Å². The number of nitrogens with zero attached hydrogens (tertiary/aromatic N) is 2. The largest absolute Gasteiger partial charge is 0.384 e. The Morgan fingerprint density at radius 1 is 1.64 bits per heavy atom. The Kier molecular flexibility index (Phi) is 2.36. The third-order valence-corrected chi connectivity index (χ3v) is 2.72. The third kappa shape index (κ3) is 1.85. The van der Waals surface area contributed by atoms with Crippen LogP contribution in [-0.4, -0.2) is 15.2 Å². The number of aromatic amines is 1. The maximum absolute atomic E-state index is 5.63. The molecule has 6 heteroatoms. The highest BCUT2D eigenvalue weighted by atomic mass is 32.1. The normalized spacial score (nSPS) is 10.4. The first-order valence-electron chi connectivity index (χ1n) is 4.19. The lowest BCUT2D eigenvalue weighted by atomic mass is 10.3. The molecule has 0 radical (unpaired) electrons. The summed E-state index contributed by atoms with van der Waals surface area (Å²) in [6, 6.07) is 0. The molecule has 0 saturated carbocycles. The summed E-state index contributed by atoms with van der Waals surface area (Å²) in [5.41, 5.74) is 7.62. The number of H-pyrrole nitrogens is 1. The van der Waals surface area contributed by atoms with Crippen molar-refractivity contribution in [1.29, 1.82) is 0 Å². The zero-order valence-electron chi connectivity index (χ0n) is 7.74. The molecule has 0 spiro atoms. The number of aryl methyl sites for hydroxylation is 1. The first kappa shape index (κ1) is 9.01. The number of hydrogen-bond donors (Lipinski definition) is 3. The van der Waals surface area contributed by atoms with Gasteiger partial charge in [-0.15, -0.1) is 11.3 Å². The minimum Gasteiger partial charge on any atom is -0.384 e. The van der Waals surface area contributed by atoms with E-state index in [0.29, 0.717) is 12.4 Å². The van der Waals surface area contributed by atoms with Crippen LogP contribution in [0.1, 0.15) is 11.3 Å². The van der Waals surface area contributed by atoms with E-state index in [1.54, 1.807) is 17.5 Å². The number of nitrogens with two attached hydrogens (primary N) is 1. The third-order valence-electron chi connectivity index (χ3n) is 1.80. The van der Waals surface area contributed by atoms with Gasteiger partial charge in [0.15, 0.2) is 5.13 Å². The lowest BCUT2D eigenvalue weighted by Gasteiger charge is -1.99. The molecule has 4 N–H and O–H groups in total. The summed E-state index contributed by atoms with van der Waals surface area (Å²) in [4.78, 5) is 4.28. The van der Waals surface area contributed by atoms with Crippen LogP contribution in [0.25, 0.3) is 0 Å². The van der Waals surface area contributed by atoms with E-state index in [9.17, 15) is 0 Å². The van der Waals surface area contributed by atoms with Gasteiger partial charge in [-0.2, -0.15) is 5.10 Å². The van der Waals surface area contributed by atoms with E-state index in [2.05, 4.69) is 20.5 Å². The SMILES string of the molecule is Cc1csc(NCc2cn[nH]c2N)n1. The average molecular weight is 209 g/mol. The van der Waals surface area contributed by atoms with Gasteiger partial charge in [0.2, 0.25) is 0 Å². The standard InChI is InChI=1S/C8H11N5S/c1-5-4-14-8(12-5)10-2-6-3-11-13-7(6)9/h3-4H,2H2,1H3,(H,10,12)(H3,9,11,13). The van der Waals surface area contributed by atoms with Crippen LogP contribution in [0.3, 0.4) is 0 Å². The van der Waals surface area contributed by atoms with E-state index in [1.807, 2.05) is 12.3 Å². The second-order valence-electron chi connectivity index (χ2n) is 2.96. The monoisotopic (exact) mass is 209 g/mol. The average Bonchev–Trinajstić information content (AvgIpc) is 2.72. The van der Waals surface area contributed by atoms with Crippen molar-refractivity contribution in [2.75, 3.05) is 11.1 Å². The summed E-state index contributed by atoms with van der Waals surface area (Å²) in [5.74, 6) is 0.603. The predicted octanol–water partition coefficient (Wildman–Crippen LogP) is 1.37. The minimum absolute atomic E-state index is 0.603. The number of aromatic nitrogens is 3. The summed E-state index contributed by atoms with van der Waals surface area (Å²) in [7, 11) is 0. The van der Waals surface area contributed by atoms with Gasteiger partial charge in [0.25, 0.3) is 0 Å². The predicted molar refractivity (Wildman–Crippen MR) is 57.2 cm³/mol. The Labute approximate surface area is 85.4 Å². The molecule has 0 saturated heterocycles. The maximum atomic E-state index is 5.63. The highest BCUT2D eigenvalue weighted by Gasteiger charge is 2.02. The van der Waals surface area contributed by atoms with Crippen molar-refractivity contribution in [3.05, 3.63) is 22.8 Å². The molecule has 5 nitrogen and oxygen atoms in total. The number of nitrogens with one attached hydrogen (secondary N) is 2. The van der Waals surface area contributed by atoms with E-state index < -0.39 is 0 Å². The molecule has 14 heavy (non-hydrogen) atoms. The molecule has 2 heterocycles. The molecule has 0 atom stereocenters. The molecule has 2 aromatic heterocycles. The van der Waals surface area contributed by atoms with E-state index in [-0.39, 0.29) is 0 Å². The van der Waals surface area contributed by atoms with Crippen LogP contribution in [0.5, 0.6) is 0 Å². The smallest absolute Gasteiger partial charge is 0.183 e. The fourth-order valence-corrected chi connectivity index (χ4v) is 1.76. The molecule has 2 rings (SSSR count). The van der Waals surface area contributed by atoms with Crippen LogP contribution in [0.15, 0.2) is 11.6 Å². The van der Waals surface area contributed by atoms with Crippen LogP contribution >= 0.6 is 11.3 Å². The second-order valence-corrected chi connectivity index (χ2v) is 3.81. The van der Waals surface area contributed by atoms with Gasteiger partial charge in [0.1, 0.15) is 5.82 Å². The van der Waals surface area contributed by atoms with Gasteiger partial charge in [0, 0.05) is 17.5 Å². The quantitative estimate of drug-likeness (QED) is 0.713. The fourth-order valence-electron chi connectivity index (χ4n) is 1.07. The number of anilines is 2. The topological polar surface area (TPSA) is 79.6 Å². The van der Waals surface area contributed by atoms with Crippen LogP contribution in [-0.2, 0) is 6.54 Å². The summed E-state index contributed by atoms with van der Waals surface area (Å²) >= 11 is 1.58. The molecule has 0 aromatic carbocycles. The van der Waals surface area contributed by atoms with Gasteiger partial charge in [-0.3, -0.25) is 5.10 Å². The maximum Gasteiger partial charge on any atom is 0.183 e. The first-order valence-corrected chi connectivity index (χ1v) is 5.07. The molecule has 0 fully saturated rings. The molecule has 74 valence electrons. The highest BCUT2D eigenvalue weighted by Crippen LogP contribution is 2.16. The Hall–Kier alpha value is -1.56. The minimum atomic E-state index is 0.603. The van der Waals surface area contributed by atoms with E-state index in [4.69, 9.17) is 5.73 Å². The van der Waals surface area contributed by atoms with Crippen molar-refractivity contribution < 1.29 is 0 Å². The molecule has 0 aliphatic rings. The summed E-state index contributed by atoms with van der Waals surface area (Å²) in [5, 5.41) is 12.6. The van der Waals surface area contributed by atoms with Crippen molar-refractivity contribution >= 4 is 22.3 Å². The van der Waals surface area contributed by atoms with Gasteiger partial charge < -0.3 is 11.1 Å². The summed E-state index contributed by atoms with van der Waals surface area (Å²) in [6.45, 7) is 2.61. The van der Waals surface area contributed by atoms with Crippen molar-refractivity contribution in [3.8, 4) is 0 Å². The first-order chi connectivity index (χ1) is 6.75. The van der Waals surface area contributed by atoms with Gasteiger partial charge >= 0.3 is 0 Å². The Balaban J connectivity index is 1.98. The number of thiazole rings is 1. The zero-order chi connectivity index (χ0) is 9.97. The molecular weight excluding hydrogens is 198 g/mol. The number of hydrogen-bond acceptors (Lipinski definition) is 5. The molecule has 0 aliphatic carbocycles. The Morgan fingerprint density at radius 2 is 2.50 bits per heavy atom. The van der Waals surface area contributed by atoms with Gasteiger partial charge in [-0.25, -0.2) is 4.98 Å². The van der Waals surface area contributed by atoms with Crippen LogP contribution in [0, 0.1) is 6.92 Å². The summed E-state index contributed by atoms with van der Waals surface area (Å²) in [6.07, 6.45) is 1.71.